The molecule has 5 nitrogen and oxygen atoms in total. The second-order valence-electron chi connectivity index (χ2n) is 11.1. The summed E-state index contributed by atoms with van der Waals surface area (Å²) in [5, 5.41) is 0. The molecule has 0 saturated carbocycles. The normalized spacial score (nSPS) is 12.0. The topological polar surface area (TPSA) is 61.8 Å². The molecule has 0 rings (SSSR count). The van der Waals surface area contributed by atoms with Crippen LogP contribution in [0, 0.1) is 0 Å². The van der Waals surface area contributed by atoms with Gasteiger partial charge in [-0.3, -0.25) is 9.59 Å². The Morgan fingerprint density at radius 3 is 1.34 bits per heavy atom. The monoisotopic (exact) mass is 540 g/mol. The van der Waals surface area contributed by atoms with Gasteiger partial charge < -0.3 is 14.2 Å². The van der Waals surface area contributed by atoms with Crippen molar-refractivity contribution in [2.24, 2.45) is 0 Å². The average Bonchev–Trinajstić information content (AvgIpc) is 2.91. The Morgan fingerprint density at radius 1 is 0.474 bits per heavy atom. The van der Waals surface area contributed by atoms with E-state index in [0.29, 0.717) is 26.1 Å². The molecule has 0 heterocycles. The number of hydrogen-bond donors (Lipinski definition) is 0. The highest BCUT2D eigenvalue weighted by molar-refractivity contribution is 5.70. The van der Waals surface area contributed by atoms with E-state index in [1.807, 2.05) is 0 Å². The summed E-state index contributed by atoms with van der Waals surface area (Å²) in [4.78, 5) is 24.6. The first kappa shape index (κ1) is 36.9. The van der Waals surface area contributed by atoms with Gasteiger partial charge in [-0.1, -0.05) is 143 Å². The van der Waals surface area contributed by atoms with E-state index in [9.17, 15) is 9.59 Å². The third-order valence-electron chi connectivity index (χ3n) is 7.14. The Bertz CT molecular complexity index is 508. The predicted octanol–water partition coefficient (Wildman–Crippen LogP) is 9.88. The largest absolute Gasteiger partial charge is 0.462 e. The van der Waals surface area contributed by atoms with Gasteiger partial charge in [0.25, 0.3) is 0 Å². The summed E-state index contributed by atoms with van der Waals surface area (Å²) in [5.41, 5.74) is 0. The summed E-state index contributed by atoms with van der Waals surface area (Å²) < 4.78 is 17.0. The summed E-state index contributed by atoms with van der Waals surface area (Å²) in [5.74, 6) is -0.405. The Kier molecular flexibility index (Phi) is 29.6. The molecule has 0 aliphatic rings. The fourth-order valence-electron chi connectivity index (χ4n) is 4.62. The molecule has 0 bridgehead atoms. The van der Waals surface area contributed by atoms with Gasteiger partial charge in [-0.15, -0.1) is 0 Å². The molecular formula is C33H64O5. The third-order valence-corrected chi connectivity index (χ3v) is 7.14. The Labute approximate surface area is 236 Å². The fraction of sp³-hybridized carbons (Fsp3) is 0.939. The van der Waals surface area contributed by atoms with Gasteiger partial charge in [-0.2, -0.15) is 0 Å². The highest BCUT2D eigenvalue weighted by Gasteiger charge is 2.17. The Hall–Kier alpha value is -1.10. The van der Waals surface area contributed by atoms with Crippen LogP contribution in [0.4, 0.5) is 0 Å². The molecule has 38 heavy (non-hydrogen) atoms. The van der Waals surface area contributed by atoms with Crippen LogP contribution in [0.3, 0.4) is 0 Å². The van der Waals surface area contributed by atoms with Crippen molar-refractivity contribution < 1.29 is 23.8 Å². The lowest BCUT2D eigenvalue weighted by Crippen LogP contribution is -2.30. The molecule has 0 radical (unpaired) electrons. The number of esters is 2. The molecule has 0 amide bonds. The van der Waals surface area contributed by atoms with Crippen LogP contribution in [-0.2, 0) is 23.8 Å². The maximum absolute atomic E-state index is 12.4. The van der Waals surface area contributed by atoms with Crippen molar-refractivity contribution in [3.8, 4) is 0 Å². The van der Waals surface area contributed by atoms with Gasteiger partial charge in [0.05, 0.1) is 6.61 Å². The van der Waals surface area contributed by atoms with Gasteiger partial charge in [0.1, 0.15) is 6.61 Å². The maximum Gasteiger partial charge on any atom is 0.306 e. The van der Waals surface area contributed by atoms with E-state index in [1.54, 1.807) is 0 Å². The Balaban J connectivity index is 4.20. The van der Waals surface area contributed by atoms with E-state index >= 15 is 0 Å². The van der Waals surface area contributed by atoms with Crippen LogP contribution in [0.1, 0.15) is 175 Å². The highest BCUT2D eigenvalue weighted by Crippen LogP contribution is 2.12. The first-order chi connectivity index (χ1) is 18.6. The first-order valence-corrected chi connectivity index (χ1v) is 16.6. The lowest BCUT2D eigenvalue weighted by atomic mass is 10.1. The van der Waals surface area contributed by atoms with Gasteiger partial charge >= 0.3 is 11.9 Å². The van der Waals surface area contributed by atoms with E-state index in [0.717, 1.165) is 32.1 Å². The number of unbranched alkanes of at least 4 members (excludes halogenated alkanes) is 19. The minimum atomic E-state index is -0.515. The molecule has 226 valence electrons. The molecule has 0 aliphatic heterocycles. The highest BCUT2D eigenvalue weighted by atomic mass is 16.6. The fourth-order valence-corrected chi connectivity index (χ4v) is 4.62. The zero-order valence-electron chi connectivity index (χ0n) is 25.7. The van der Waals surface area contributed by atoms with Crippen LogP contribution in [-0.4, -0.2) is 37.9 Å². The SMILES string of the molecule is CCCCCCCCCCOCC(COC(=O)CCCCCCCCC)OC(=O)CCCCCCCCC. The van der Waals surface area contributed by atoms with E-state index in [1.165, 1.54) is 109 Å². The number of rotatable bonds is 30. The summed E-state index contributed by atoms with van der Waals surface area (Å²) >= 11 is 0. The standard InChI is InChI=1S/C33H64O5/c1-4-7-10-13-16-19-22-25-28-36-29-31(38-33(35)27-24-21-18-15-12-9-6-3)30-37-32(34)26-23-20-17-14-11-8-5-2/h31H,4-30H2,1-3H3. The van der Waals surface area contributed by atoms with Crippen LogP contribution in [0.2, 0.25) is 0 Å². The quantitative estimate of drug-likeness (QED) is 0.0670. The molecule has 0 aliphatic carbocycles. The smallest absolute Gasteiger partial charge is 0.306 e. The maximum atomic E-state index is 12.4. The second-order valence-corrected chi connectivity index (χ2v) is 11.1. The van der Waals surface area contributed by atoms with Gasteiger partial charge in [-0.25, -0.2) is 0 Å². The molecule has 0 saturated heterocycles. The van der Waals surface area contributed by atoms with Crippen LogP contribution in [0.15, 0.2) is 0 Å². The van der Waals surface area contributed by atoms with Gasteiger partial charge in [0.15, 0.2) is 6.10 Å². The summed E-state index contributed by atoms with van der Waals surface area (Å²) in [6.07, 6.45) is 26.7. The van der Waals surface area contributed by atoms with Gasteiger partial charge in [0.2, 0.25) is 0 Å². The van der Waals surface area contributed by atoms with E-state index in [-0.39, 0.29) is 18.5 Å². The number of ether oxygens (including phenoxy) is 3. The van der Waals surface area contributed by atoms with Crippen molar-refractivity contribution in [3.63, 3.8) is 0 Å². The minimum absolute atomic E-state index is 0.0928. The van der Waals surface area contributed by atoms with E-state index in [2.05, 4.69) is 20.8 Å². The predicted molar refractivity (Wildman–Crippen MR) is 159 cm³/mol. The summed E-state index contributed by atoms with van der Waals surface area (Å²) in [7, 11) is 0. The number of hydrogen-bond acceptors (Lipinski definition) is 5. The molecule has 0 spiro atoms. The van der Waals surface area contributed by atoms with Crippen LogP contribution < -0.4 is 0 Å². The molecule has 0 fully saturated rings. The van der Waals surface area contributed by atoms with Gasteiger partial charge in [-0.05, 0) is 19.3 Å². The molecule has 5 heteroatoms. The molecule has 1 unspecified atom stereocenters. The Morgan fingerprint density at radius 2 is 0.868 bits per heavy atom. The molecule has 0 N–H and O–H groups in total. The molecule has 0 aromatic carbocycles. The van der Waals surface area contributed by atoms with E-state index in [4.69, 9.17) is 14.2 Å². The van der Waals surface area contributed by atoms with Crippen LogP contribution >= 0.6 is 0 Å². The lowest BCUT2D eigenvalue weighted by Gasteiger charge is -2.18. The van der Waals surface area contributed by atoms with Crippen molar-refractivity contribution >= 4 is 11.9 Å². The zero-order chi connectivity index (χ0) is 27.9. The van der Waals surface area contributed by atoms with Crippen molar-refractivity contribution in [2.45, 2.75) is 181 Å². The molecule has 0 aromatic rings. The summed E-state index contributed by atoms with van der Waals surface area (Å²) in [6.45, 7) is 7.73. The first-order valence-electron chi connectivity index (χ1n) is 16.6. The lowest BCUT2D eigenvalue weighted by molar-refractivity contribution is -0.163. The van der Waals surface area contributed by atoms with Crippen molar-refractivity contribution in [1.29, 1.82) is 0 Å². The van der Waals surface area contributed by atoms with Crippen molar-refractivity contribution in [1.82, 2.24) is 0 Å². The third kappa shape index (κ3) is 27.9. The zero-order valence-corrected chi connectivity index (χ0v) is 25.7. The van der Waals surface area contributed by atoms with Crippen LogP contribution in [0.25, 0.3) is 0 Å². The second kappa shape index (κ2) is 30.4. The van der Waals surface area contributed by atoms with Crippen molar-refractivity contribution in [2.75, 3.05) is 19.8 Å². The molecule has 1 atom stereocenters. The number of carbonyl (C=O) groups is 2. The van der Waals surface area contributed by atoms with Crippen molar-refractivity contribution in [3.05, 3.63) is 0 Å². The summed E-state index contributed by atoms with van der Waals surface area (Å²) in [6, 6.07) is 0. The molecular weight excluding hydrogens is 476 g/mol. The molecule has 0 aromatic heterocycles. The number of carbonyl (C=O) groups excluding carboxylic acids is 2. The van der Waals surface area contributed by atoms with E-state index < -0.39 is 6.10 Å². The average molecular weight is 541 g/mol. The minimum Gasteiger partial charge on any atom is -0.462 e. The van der Waals surface area contributed by atoms with Crippen LogP contribution in [0.5, 0.6) is 0 Å². The van der Waals surface area contributed by atoms with Gasteiger partial charge in [0, 0.05) is 19.4 Å².